The first-order chi connectivity index (χ1) is 14.0. The van der Waals surface area contributed by atoms with Crippen LogP contribution in [0.4, 0.5) is 5.69 Å². The van der Waals surface area contributed by atoms with Gasteiger partial charge in [0.05, 0.1) is 39.0 Å². The molecule has 3 rings (SSSR count). The number of aliphatic hydroxyl groups is 1. The lowest BCUT2D eigenvalue weighted by Crippen LogP contribution is -2.29. The van der Waals surface area contributed by atoms with Crippen molar-refractivity contribution >= 4 is 23.4 Å². The van der Waals surface area contributed by atoms with E-state index in [2.05, 4.69) is 5.32 Å². The molecule has 0 radical (unpaired) electrons. The van der Waals surface area contributed by atoms with Crippen molar-refractivity contribution in [2.75, 3.05) is 26.6 Å². The van der Waals surface area contributed by atoms with Gasteiger partial charge in [0.1, 0.15) is 0 Å². The van der Waals surface area contributed by atoms with Gasteiger partial charge in [-0.15, -0.1) is 0 Å². The monoisotopic (exact) mass is 418 g/mol. The number of rotatable bonds is 8. The van der Waals surface area contributed by atoms with Gasteiger partial charge in [-0.1, -0.05) is 11.8 Å². The minimum atomic E-state index is -0.510. The Labute approximate surface area is 174 Å². The van der Waals surface area contributed by atoms with E-state index in [1.165, 1.54) is 11.8 Å². The highest BCUT2D eigenvalue weighted by Crippen LogP contribution is 2.43. The third-order valence-corrected chi connectivity index (χ3v) is 5.91. The average molecular weight is 419 g/mol. The zero-order valence-corrected chi connectivity index (χ0v) is 17.5. The Morgan fingerprint density at radius 3 is 2.28 bits per heavy atom. The Balaban J connectivity index is 1.91. The van der Waals surface area contributed by atoms with E-state index in [9.17, 15) is 9.90 Å². The number of primary amides is 1. The summed E-state index contributed by atoms with van der Waals surface area (Å²) in [5.41, 5.74) is 6.57. The number of aliphatic hydroxyl groups excluding tert-OH is 1. The van der Waals surface area contributed by atoms with Crippen LogP contribution >= 0.6 is 11.8 Å². The minimum absolute atomic E-state index is 0.0884. The summed E-state index contributed by atoms with van der Waals surface area (Å²) in [4.78, 5) is 13.6. The van der Waals surface area contributed by atoms with Crippen LogP contribution in [0, 0.1) is 0 Å². The number of benzene rings is 2. The number of nitrogens with two attached hydrogens (primary N) is 1. The van der Waals surface area contributed by atoms with Crippen LogP contribution in [0.1, 0.15) is 29.6 Å². The smallest absolute Gasteiger partial charge is 0.250 e. The maximum Gasteiger partial charge on any atom is 0.250 e. The molecular formula is C21H26N2O5S. The molecule has 2 atom stereocenters. The average Bonchev–Trinajstić information content (AvgIpc) is 3.11. The van der Waals surface area contributed by atoms with Gasteiger partial charge in [-0.25, -0.2) is 0 Å². The lowest BCUT2D eigenvalue weighted by molar-refractivity contribution is 0.100. The molecule has 2 unspecified atom stereocenters. The van der Waals surface area contributed by atoms with Crippen LogP contribution in [-0.2, 0) is 0 Å². The molecule has 1 amide bonds. The molecule has 156 valence electrons. The predicted molar refractivity (Wildman–Crippen MR) is 112 cm³/mol. The predicted octanol–water partition coefficient (Wildman–Crippen LogP) is 3.29. The van der Waals surface area contributed by atoms with E-state index in [-0.39, 0.29) is 6.04 Å². The number of hydrogen-bond donors (Lipinski definition) is 3. The topological polar surface area (TPSA) is 103 Å². The second kappa shape index (κ2) is 9.28. The molecule has 0 saturated heterocycles. The van der Waals surface area contributed by atoms with Crippen molar-refractivity contribution in [3.8, 4) is 17.2 Å². The second-order valence-corrected chi connectivity index (χ2v) is 7.93. The molecule has 8 heteroatoms. The molecule has 2 aromatic rings. The molecule has 2 aromatic carbocycles. The van der Waals surface area contributed by atoms with Gasteiger partial charge < -0.3 is 30.4 Å². The van der Waals surface area contributed by atoms with E-state index in [1.54, 1.807) is 27.4 Å². The quantitative estimate of drug-likeness (QED) is 0.604. The van der Waals surface area contributed by atoms with Crippen LogP contribution in [0.15, 0.2) is 40.1 Å². The van der Waals surface area contributed by atoms with Gasteiger partial charge in [0.2, 0.25) is 5.75 Å². The third kappa shape index (κ3) is 4.71. The molecular weight excluding hydrogens is 392 g/mol. The molecule has 7 nitrogen and oxygen atoms in total. The fourth-order valence-corrected chi connectivity index (χ4v) is 4.40. The third-order valence-electron chi connectivity index (χ3n) is 4.95. The number of carbonyl (C=O) groups is 1. The van der Waals surface area contributed by atoms with Crippen LogP contribution in [0.2, 0.25) is 0 Å². The van der Waals surface area contributed by atoms with Crippen molar-refractivity contribution in [2.45, 2.75) is 41.2 Å². The molecule has 4 N–H and O–H groups in total. The van der Waals surface area contributed by atoms with Crippen molar-refractivity contribution in [1.82, 2.24) is 0 Å². The highest BCUT2D eigenvalue weighted by Gasteiger charge is 2.26. The van der Waals surface area contributed by atoms with Gasteiger partial charge in [0, 0.05) is 15.5 Å². The summed E-state index contributed by atoms with van der Waals surface area (Å²) in [5, 5.41) is 13.4. The first-order valence-electron chi connectivity index (χ1n) is 9.33. The van der Waals surface area contributed by atoms with Gasteiger partial charge in [-0.05, 0) is 49.6 Å². The molecule has 1 saturated carbocycles. The molecule has 0 aliphatic heterocycles. The highest BCUT2D eigenvalue weighted by atomic mass is 32.2. The van der Waals surface area contributed by atoms with E-state index < -0.39 is 12.0 Å². The standard InChI is InChI=1S/C21H26N2O5S/c1-26-18-10-13(11-19(27-2)20(18)28-3)29-12-7-8-14(21(22)25)16(9-12)23-15-5-4-6-17(15)24/h7-11,15,17,23-24H,4-6H2,1-3H3,(H2,22,25). The van der Waals surface area contributed by atoms with Gasteiger partial charge in [0.15, 0.2) is 11.5 Å². The molecule has 29 heavy (non-hydrogen) atoms. The first kappa shape index (κ1) is 21.1. The lowest BCUT2D eigenvalue weighted by atomic mass is 10.1. The van der Waals surface area contributed by atoms with Crippen molar-refractivity contribution in [3.63, 3.8) is 0 Å². The number of nitrogens with one attached hydrogen (secondary N) is 1. The van der Waals surface area contributed by atoms with Crippen molar-refractivity contribution < 1.29 is 24.1 Å². The summed E-state index contributed by atoms with van der Waals surface area (Å²) in [6.07, 6.45) is 2.12. The fourth-order valence-electron chi connectivity index (χ4n) is 3.48. The normalized spacial score (nSPS) is 18.3. The zero-order valence-electron chi connectivity index (χ0n) is 16.7. The SMILES string of the molecule is COc1cc(Sc2ccc(C(N)=O)c(NC3CCCC3O)c2)cc(OC)c1OC. The van der Waals surface area contributed by atoms with Crippen molar-refractivity contribution in [2.24, 2.45) is 5.73 Å². The van der Waals surface area contributed by atoms with Crippen LogP contribution in [0.25, 0.3) is 0 Å². The Kier molecular flexibility index (Phi) is 6.76. The van der Waals surface area contributed by atoms with Crippen molar-refractivity contribution in [1.29, 1.82) is 0 Å². The van der Waals surface area contributed by atoms with E-state index >= 15 is 0 Å². The van der Waals surface area contributed by atoms with Gasteiger partial charge in [0.25, 0.3) is 5.91 Å². The molecule has 0 spiro atoms. The Morgan fingerprint density at radius 2 is 1.76 bits per heavy atom. The minimum Gasteiger partial charge on any atom is -0.493 e. The van der Waals surface area contributed by atoms with Gasteiger partial charge >= 0.3 is 0 Å². The number of anilines is 1. The van der Waals surface area contributed by atoms with Crippen LogP contribution in [0.5, 0.6) is 17.2 Å². The van der Waals surface area contributed by atoms with E-state index in [0.717, 1.165) is 29.1 Å². The Morgan fingerprint density at radius 1 is 1.07 bits per heavy atom. The summed E-state index contributed by atoms with van der Waals surface area (Å²) < 4.78 is 16.2. The van der Waals surface area contributed by atoms with Gasteiger partial charge in [-0.2, -0.15) is 0 Å². The van der Waals surface area contributed by atoms with Crippen molar-refractivity contribution in [3.05, 3.63) is 35.9 Å². The number of amides is 1. The summed E-state index contributed by atoms with van der Waals surface area (Å²) in [7, 11) is 4.70. The molecule has 0 heterocycles. The molecule has 1 aliphatic carbocycles. The number of hydrogen-bond acceptors (Lipinski definition) is 7. The molecule has 1 aliphatic rings. The van der Waals surface area contributed by atoms with E-state index in [1.807, 2.05) is 24.3 Å². The number of carbonyl (C=O) groups excluding carboxylic acids is 1. The zero-order chi connectivity index (χ0) is 21.0. The van der Waals surface area contributed by atoms with Crippen LogP contribution in [0.3, 0.4) is 0 Å². The molecule has 1 fully saturated rings. The maximum atomic E-state index is 11.9. The Bertz CT molecular complexity index is 864. The summed E-state index contributed by atoms with van der Waals surface area (Å²) in [5.74, 6) is 1.15. The first-order valence-corrected chi connectivity index (χ1v) is 10.1. The highest BCUT2D eigenvalue weighted by molar-refractivity contribution is 7.99. The molecule has 0 bridgehead atoms. The van der Waals surface area contributed by atoms with Crippen LogP contribution < -0.4 is 25.3 Å². The largest absolute Gasteiger partial charge is 0.493 e. The van der Waals surface area contributed by atoms with Gasteiger partial charge in [-0.3, -0.25) is 4.79 Å². The summed E-state index contributed by atoms with van der Waals surface area (Å²) >= 11 is 1.49. The Hall–Kier alpha value is -2.58. The lowest BCUT2D eigenvalue weighted by Gasteiger charge is -2.20. The maximum absolute atomic E-state index is 11.9. The summed E-state index contributed by atoms with van der Waals surface area (Å²) in [6, 6.07) is 9.05. The number of ether oxygens (including phenoxy) is 3. The summed E-state index contributed by atoms with van der Waals surface area (Å²) in [6.45, 7) is 0. The second-order valence-electron chi connectivity index (χ2n) is 6.78. The van der Waals surface area contributed by atoms with Crippen LogP contribution in [-0.4, -0.2) is 44.5 Å². The fraction of sp³-hybridized carbons (Fsp3) is 0.381. The number of methoxy groups -OCH3 is 3. The van der Waals surface area contributed by atoms with E-state index in [0.29, 0.717) is 28.5 Å². The molecule has 0 aromatic heterocycles. The van der Waals surface area contributed by atoms with E-state index in [4.69, 9.17) is 19.9 Å².